The summed E-state index contributed by atoms with van der Waals surface area (Å²) in [5.74, 6) is -2.92. The van der Waals surface area contributed by atoms with E-state index < -0.39 is 84.0 Å². The second kappa shape index (κ2) is 17.9. The molecule has 0 radical (unpaired) electrons. The molecule has 0 aromatic carbocycles. The highest BCUT2D eigenvalue weighted by Crippen LogP contribution is 2.22. The number of carbonyl (C=O) groups is 6. The Hall–Kier alpha value is -3.26. The molecule has 0 unspecified atom stereocenters. The lowest BCUT2D eigenvalue weighted by molar-refractivity contribution is -0.138. The monoisotopic (exact) mass is 678 g/mol. The molecule has 14 heteroatoms. The number of carbonyl (C=O) groups excluding carboxylic acids is 6. The highest BCUT2D eigenvalue weighted by molar-refractivity contribution is 5.94. The molecular formula is C34H58N6O8. The van der Waals surface area contributed by atoms with Gasteiger partial charge in [0.25, 0.3) is 0 Å². The van der Waals surface area contributed by atoms with E-state index in [0.717, 1.165) is 0 Å². The Labute approximate surface area is 284 Å². The first-order chi connectivity index (χ1) is 22.5. The molecule has 4 bridgehead atoms. The van der Waals surface area contributed by atoms with Crippen molar-refractivity contribution in [3.8, 4) is 0 Å². The zero-order valence-electron chi connectivity index (χ0n) is 29.9. The van der Waals surface area contributed by atoms with Gasteiger partial charge in [-0.15, -0.1) is 0 Å². The summed E-state index contributed by atoms with van der Waals surface area (Å²) in [6.07, 6.45) is 0.0735. The summed E-state index contributed by atoms with van der Waals surface area (Å²) >= 11 is 0. The Morgan fingerprint density at radius 3 is 1.17 bits per heavy atom. The van der Waals surface area contributed by atoms with E-state index in [1.165, 1.54) is 0 Å². The van der Waals surface area contributed by atoms with Gasteiger partial charge in [0.15, 0.2) is 0 Å². The largest absolute Gasteiger partial charge is 0.363 e. The molecule has 3 fully saturated rings. The van der Waals surface area contributed by atoms with Crippen LogP contribution >= 0.6 is 0 Å². The standard InChI is InChI=1S/C34H58N6O8/c1-17(2)13-23-29(41)39-27(19(5)6)33(45)35-16-22-10-12-26(48-22)32(44)38-24(14-18(3)4)30(42)40-28(20(7)8)34(46)36-15-21-9-11-25(47-21)31(43)37-23/h17-28H,9-16H2,1-8H3,(H,35,45)(H,36,46)(H,37,43)(H,38,44)(H,39,41)(H,40,42)/t21-,22-,23+,24+,25+,26+,27+,28+/m1/s1. The van der Waals surface area contributed by atoms with Crippen LogP contribution in [0.5, 0.6) is 0 Å². The third kappa shape index (κ3) is 11.4. The highest BCUT2D eigenvalue weighted by Gasteiger charge is 2.38. The molecule has 0 aromatic heterocycles. The van der Waals surface area contributed by atoms with E-state index in [1.807, 2.05) is 55.4 Å². The Balaban J connectivity index is 1.84. The predicted molar refractivity (Wildman–Crippen MR) is 178 cm³/mol. The molecule has 0 aliphatic carbocycles. The highest BCUT2D eigenvalue weighted by atomic mass is 16.5. The topological polar surface area (TPSA) is 193 Å². The Morgan fingerprint density at radius 1 is 0.500 bits per heavy atom. The van der Waals surface area contributed by atoms with Crippen molar-refractivity contribution in [3.05, 3.63) is 0 Å². The van der Waals surface area contributed by atoms with E-state index >= 15 is 0 Å². The summed E-state index contributed by atoms with van der Waals surface area (Å²) in [6, 6.07) is -3.50. The lowest BCUT2D eigenvalue weighted by Crippen LogP contribution is -2.57. The van der Waals surface area contributed by atoms with Gasteiger partial charge in [-0.1, -0.05) is 55.4 Å². The van der Waals surface area contributed by atoms with Gasteiger partial charge in [0.2, 0.25) is 35.4 Å². The molecule has 0 spiro atoms. The molecule has 48 heavy (non-hydrogen) atoms. The fourth-order valence-corrected chi connectivity index (χ4v) is 6.26. The molecule has 6 N–H and O–H groups in total. The van der Waals surface area contributed by atoms with Crippen molar-refractivity contribution in [1.82, 2.24) is 31.9 Å². The van der Waals surface area contributed by atoms with Gasteiger partial charge in [0.05, 0.1) is 12.2 Å². The normalized spacial score (nSPS) is 32.0. The zero-order valence-corrected chi connectivity index (χ0v) is 29.9. The van der Waals surface area contributed by atoms with Crippen molar-refractivity contribution in [2.45, 2.75) is 142 Å². The van der Waals surface area contributed by atoms with Gasteiger partial charge >= 0.3 is 0 Å². The van der Waals surface area contributed by atoms with Crippen LogP contribution in [0.1, 0.15) is 93.9 Å². The summed E-state index contributed by atoms with van der Waals surface area (Å²) in [7, 11) is 0. The molecular weight excluding hydrogens is 620 g/mol. The summed E-state index contributed by atoms with van der Waals surface area (Å²) in [4.78, 5) is 80.1. The average Bonchev–Trinajstić information content (AvgIpc) is 3.68. The van der Waals surface area contributed by atoms with E-state index in [1.54, 1.807) is 0 Å². The Kier molecular flexibility index (Phi) is 14.6. The molecule has 272 valence electrons. The number of fused-ring (bicyclic) bond motifs is 4. The van der Waals surface area contributed by atoms with Gasteiger partial charge in [0.1, 0.15) is 36.4 Å². The van der Waals surface area contributed by atoms with E-state index in [-0.39, 0.29) is 36.8 Å². The fourth-order valence-electron chi connectivity index (χ4n) is 6.26. The van der Waals surface area contributed by atoms with Crippen molar-refractivity contribution in [3.63, 3.8) is 0 Å². The van der Waals surface area contributed by atoms with E-state index in [9.17, 15) is 28.8 Å². The number of nitrogens with one attached hydrogen (secondary N) is 6. The summed E-state index contributed by atoms with van der Waals surface area (Å²) < 4.78 is 11.9. The first-order valence-corrected chi connectivity index (χ1v) is 17.6. The maximum absolute atomic E-state index is 13.5. The molecule has 6 amide bonds. The van der Waals surface area contributed by atoms with Crippen LogP contribution in [-0.4, -0.2) is 97.1 Å². The Morgan fingerprint density at radius 2 is 0.854 bits per heavy atom. The van der Waals surface area contributed by atoms with Crippen molar-refractivity contribution in [2.24, 2.45) is 23.7 Å². The van der Waals surface area contributed by atoms with E-state index in [0.29, 0.717) is 38.5 Å². The summed E-state index contributed by atoms with van der Waals surface area (Å²) in [6.45, 7) is 15.3. The average molecular weight is 679 g/mol. The molecule has 0 aromatic rings. The second-order valence-corrected chi connectivity index (χ2v) is 15.0. The Bertz CT molecular complexity index is 1070. The van der Waals surface area contributed by atoms with Crippen LogP contribution in [0.2, 0.25) is 0 Å². The van der Waals surface area contributed by atoms with Crippen molar-refractivity contribution >= 4 is 35.4 Å². The smallest absolute Gasteiger partial charge is 0.249 e. The third-order valence-electron chi connectivity index (χ3n) is 8.98. The van der Waals surface area contributed by atoms with Crippen LogP contribution in [0.4, 0.5) is 0 Å². The lowest BCUT2D eigenvalue weighted by Gasteiger charge is -2.28. The summed E-state index contributed by atoms with van der Waals surface area (Å²) in [5.41, 5.74) is 0. The molecule has 3 aliphatic heterocycles. The minimum Gasteiger partial charge on any atom is -0.363 e. The van der Waals surface area contributed by atoms with Crippen LogP contribution in [0.15, 0.2) is 0 Å². The maximum Gasteiger partial charge on any atom is 0.249 e. The van der Waals surface area contributed by atoms with E-state index in [2.05, 4.69) is 31.9 Å². The number of ether oxygens (including phenoxy) is 2. The van der Waals surface area contributed by atoms with Crippen LogP contribution in [0.25, 0.3) is 0 Å². The SMILES string of the molecule is CC(C)C[C@@H]1NC(=O)[C@@H]2CC[C@H](CNC(=O)[C@H](C(C)C)NC(=O)[C@H](CC(C)C)NC(=O)[C@@H]3CC[C@H](CNC(=O)[C@H](C(C)C)NC1=O)O3)O2. The van der Waals surface area contributed by atoms with Crippen LogP contribution in [0.3, 0.4) is 0 Å². The molecule has 3 heterocycles. The number of hydrogen-bond acceptors (Lipinski definition) is 8. The summed E-state index contributed by atoms with van der Waals surface area (Å²) in [5, 5.41) is 17.0. The van der Waals surface area contributed by atoms with E-state index in [4.69, 9.17) is 9.47 Å². The minimum absolute atomic E-state index is 0.0754. The van der Waals surface area contributed by atoms with Gasteiger partial charge in [-0.05, 0) is 62.2 Å². The fraction of sp³-hybridized carbons (Fsp3) is 0.824. The zero-order chi connectivity index (χ0) is 35.7. The minimum atomic E-state index is -0.883. The van der Waals surface area contributed by atoms with Crippen molar-refractivity contribution in [2.75, 3.05) is 13.1 Å². The molecule has 3 rings (SSSR count). The molecule has 14 nitrogen and oxygen atoms in total. The van der Waals surface area contributed by atoms with Gasteiger partial charge in [-0.25, -0.2) is 0 Å². The lowest BCUT2D eigenvalue weighted by atomic mass is 9.99. The maximum atomic E-state index is 13.5. The molecule has 3 saturated heterocycles. The van der Waals surface area contributed by atoms with Crippen LogP contribution in [-0.2, 0) is 38.2 Å². The van der Waals surface area contributed by atoms with Crippen molar-refractivity contribution < 1.29 is 38.2 Å². The molecule has 0 saturated carbocycles. The quantitative estimate of drug-likeness (QED) is 0.236. The number of rotatable bonds is 6. The van der Waals surface area contributed by atoms with Crippen LogP contribution in [0, 0.1) is 23.7 Å². The molecule has 8 atom stereocenters. The predicted octanol–water partition coefficient (Wildman–Crippen LogP) is 0.671. The van der Waals surface area contributed by atoms with Gasteiger partial charge in [0, 0.05) is 13.1 Å². The molecule has 3 aliphatic rings. The third-order valence-corrected chi connectivity index (χ3v) is 8.98. The first-order valence-electron chi connectivity index (χ1n) is 17.6. The van der Waals surface area contributed by atoms with Gasteiger partial charge < -0.3 is 41.4 Å². The van der Waals surface area contributed by atoms with Crippen molar-refractivity contribution in [1.29, 1.82) is 0 Å². The number of hydrogen-bond donors (Lipinski definition) is 6. The van der Waals surface area contributed by atoms with Gasteiger partial charge in [-0.3, -0.25) is 28.8 Å². The second-order valence-electron chi connectivity index (χ2n) is 15.0. The first kappa shape index (κ1) is 39.2. The number of amides is 6. The van der Waals surface area contributed by atoms with Crippen LogP contribution < -0.4 is 31.9 Å². The van der Waals surface area contributed by atoms with Gasteiger partial charge in [-0.2, -0.15) is 0 Å².